The molecule has 120 valence electrons. The van der Waals surface area contributed by atoms with Gasteiger partial charge in [0.2, 0.25) is 11.8 Å². The maximum absolute atomic E-state index is 11.8. The van der Waals surface area contributed by atoms with E-state index in [9.17, 15) is 14.4 Å². The van der Waals surface area contributed by atoms with Crippen molar-refractivity contribution >= 4 is 29.2 Å². The largest absolute Gasteiger partial charge is 0.495 e. The van der Waals surface area contributed by atoms with Gasteiger partial charge in [-0.05, 0) is 31.0 Å². The van der Waals surface area contributed by atoms with Crippen molar-refractivity contribution in [1.29, 1.82) is 0 Å². The molecule has 1 aromatic carbocycles. The average molecular weight is 308 g/mol. The second-order valence-electron chi connectivity index (χ2n) is 4.75. The molecule has 0 saturated carbocycles. The molecular formula is C15H20N2O5. The van der Waals surface area contributed by atoms with Crippen LogP contribution in [-0.4, -0.2) is 30.0 Å². The lowest BCUT2D eigenvalue weighted by Crippen LogP contribution is -2.12. The van der Waals surface area contributed by atoms with Gasteiger partial charge >= 0.3 is 5.97 Å². The molecule has 0 fully saturated rings. The normalized spacial score (nSPS) is 9.91. The molecule has 0 spiro atoms. The van der Waals surface area contributed by atoms with Crippen LogP contribution in [0.25, 0.3) is 0 Å². The van der Waals surface area contributed by atoms with Crippen molar-refractivity contribution in [2.75, 3.05) is 17.7 Å². The molecule has 7 nitrogen and oxygen atoms in total. The second-order valence-corrected chi connectivity index (χ2v) is 4.75. The Morgan fingerprint density at radius 2 is 1.82 bits per heavy atom. The van der Waals surface area contributed by atoms with Gasteiger partial charge in [-0.15, -0.1) is 0 Å². The van der Waals surface area contributed by atoms with Crippen LogP contribution in [-0.2, 0) is 14.4 Å². The van der Waals surface area contributed by atoms with Crippen LogP contribution in [0.15, 0.2) is 18.2 Å². The van der Waals surface area contributed by atoms with Crippen LogP contribution in [0.3, 0.4) is 0 Å². The van der Waals surface area contributed by atoms with Gasteiger partial charge in [0.1, 0.15) is 5.75 Å². The van der Waals surface area contributed by atoms with Gasteiger partial charge in [-0.3, -0.25) is 14.4 Å². The quantitative estimate of drug-likeness (QED) is 0.639. The summed E-state index contributed by atoms with van der Waals surface area (Å²) in [5.74, 6) is -0.815. The Kier molecular flexibility index (Phi) is 6.88. The smallest absolute Gasteiger partial charge is 0.303 e. The molecule has 0 heterocycles. The zero-order valence-corrected chi connectivity index (χ0v) is 12.6. The summed E-state index contributed by atoms with van der Waals surface area (Å²) in [5, 5.41) is 13.8. The van der Waals surface area contributed by atoms with Gasteiger partial charge < -0.3 is 20.5 Å². The number of unbranched alkanes of at least 4 members (excludes halogenated alkanes) is 1. The molecule has 7 heteroatoms. The number of hydrogen-bond acceptors (Lipinski definition) is 4. The van der Waals surface area contributed by atoms with Crippen molar-refractivity contribution in [3.8, 4) is 5.75 Å². The second kappa shape index (κ2) is 8.66. The van der Waals surface area contributed by atoms with Gasteiger partial charge in [0.25, 0.3) is 0 Å². The number of hydrogen-bond donors (Lipinski definition) is 3. The summed E-state index contributed by atoms with van der Waals surface area (Å²) in [4.78, 5) is 33.3. The summed E-state index contributed by atoms with van der Waals surface area (Å²) in [7, 11) is 1.49. The molecule has 2 amide bonds. The molecular weight excluding hydrogens is 288 g/mol. The van der Waals surface area contributed by atoms with E-state index in [1.54, 1.807) is 18.2 Å². The molecule has 0 aromatic heterocycles. The minimum atomic E-state index is -0.865. The Balaban J connectivity index is 2.59. The first-order valence-corrected chi connectivity index (χ1v) is 6.89. The Morgan fingerprint density at radius 1 is 1.14 bits per heavy atom. The molecule has 0 bridgehead atoms. The highest BCUT2D eigenvalue weighted by molar-refractivity contribution is 5.94. The molecule has 22 heavy (non-hydrogen) atoms. The Morgan fingerprint density at radius 3 is 2.41 bits per heavy atom. The number of rotatable bonds is 8. The summed E-state index contributed by atoms with van der Waals surface area (Å²) in [5.41, 5.74) is 1.01. The monoisotopic (exact) mass is 308 g/mol. The number of benzene rings is 1. The maximum Gasteiger partial charge on any atom is 0.303 e. The van der Waals surface area contributed by atoms with E-state index in [1.165, 1.54) is 14.0 Å². The summed E-state index contributed by atoms with van der Waals surface area (Å²) in [6.07, 6.45) is 1.27. The number of aliphatic carboxylic acids is 1. The lowest BCUT2D eigenvalue weighted by atomic mass is 10.2. The van der Waals surface area contributed by atoms with Crippen molar-refractivity contribution in [2.24, 2.45) is 0 Å². The van der Waals surface area contributed by atoms with Crippen LogP contribution in [0.1, 0.15) is 32.6 Å². The molecule has 0 radical (unpaired) electrons. The standard InChI is InChI=1S/C15H20N2O5/c1-10(18)16-12-9-11(7-8-13(12)22-2)17-14(19)5-3-4-6-15(20)21/h7-9H,3-6H2,1-2H3,(H,16,18)(H,17,19)(H,20,21). The fourth-order valence-corrected chi connectivity index (χ4v) is 1.86. The third-order valence-corrected chi connectivity index (χ3v) is 2.84. The first-order valence-electron chi connectivity index (χ1n) is 6.89. The van der Waals surface area contributed by atoms with Gasteiger partial charge in [-0.1, -0.05) is 0 Å². The zero-order valence-electron chi connectivity index (χ0n) is 12.6. The van der Waals surface area contributed by atoms with Crippen molar-refractivity contribution < 1.29 is 24.2 Å². The lowest BCUT2D eigenvalue weighted by molar-refractivity contribution is -0.137. The molecule has 0 saturated heterocycles. The van der Waals surface area contributed by atoms with Crippen LogP contribution >= 0.6 is 0 Å². The van der Waals surface area contributed by atoms with Crippen molar-refractivity contribution in [3.05, 3.63) is 18.2 Å². The predicted octanol–water partition coefficient (Wildman–Crippen LogP) is 2.24. The predicted molar refractivity (Wildman–Crippen MR) is 82.0 cm³/mol. The number of carbonyl (C=O) groups is 3. The average Bonchev–Trinajstić information content (AvgIpc) is 2.43. The Hall–Kier alpha value is -2.57. The summed E-state index contributed by atoms with van der Waals surface area (Å²) < 4.78 is 5.13. The van der Waals surface area contributed by atoms with Gasteiger partial charge in [0.15, 0.2) is 0 Å². The highest BCUT2D eigenvalue weighted by atomic mass is 16.5. The minimum Gasteiger partial charge on any atom is -0.495 e. The van der Waals surface area contributed by atoms with E-state index in [1.807, 2.05) is 0 Å². The van der Waals surface area contributed by atoms with Crippen LogP contribution in [0, 0.1) is 0 Å². The third-order valence-electron chi connectivity index (χ3n) is 2.84. The van der Waals surface area contributed by atoms with E-state index in [0.717, 1.165) is 0 Å². The Labute approximate surface area is 128 Å². The topological polar surface area (TPSA) is 105 Å². The van der Waals surface area contributed by atoms with E-state index in [-0.39, 0.29) is 24.7 Å². The van der Waals surface area contributed by atoms with E-state index >= 15 is 0 Å². The number of carbonyl (C=O) groups excluding carboxylic acids is 2. The number of methoxy groups -OCH3 is 1. The van der Waals surface area contributed by atoms with E-state index in [2.05, 4.69) is 10.6 Å². The van der Waals surface area contributed by atoms with Crippen molar-refractivity contribution in [2.45, 2.75) is 32.6 Å². The molecule has 0 aliphatic rings. The molecule has 3 N–H and O–H groups in total. The number of ether oxygens (including phenoxy) is 1. The number of carboxylic acid groups (broad SMARTS) is 1. The first-order chi connectivity index (χ1) is 10.4. The van der Waals surface area contributed by atoms with Crippen LogP contribution in [0.4, 0.5) is 11.4 Å². The zero-order chi connectivity index (χ0) is 16.5. The first kappa shape index (κ1) is 17.5. The maximum atomic E-state index is 11.8. The van der Waals surface area contributed by atoms with Crippen LogP contribution < -0.4 is 15.4 Å². The van der Waals surface area contributed by atoms with Gasteiger partial charge in [-0.2, -0.15) is 0 Å². The SMILES string of the molecule is COc1ccc(NC(=O)CCCCC(=O)O)cc1NC(C)=O. The van der Waals surface area contributed by atoms with Crippen molar-refractivity contribution in [1.82, 2.24) is 0 Å². The number of anilines is 2. The molecule has 1 aromatic rings. The summed E-state index contributed by atoms with van der Waals surface area (Å²) in [6.45, 7) is 1.38. The van der Waals surface area contributed by atoms with Crippen molar-refractivity contribution in [3.63, 3.8) is 0 Å². The van der Waals surface area contributed by atoms with E-state index in [0.29, 0.717) is 30.0 Å². The fourth-order valence-electron chi connectivity index (χ4n) is 1.86. The van der Waals surface area contributed by atoms with E-state index < -0.39 is 5.97 Å². The molecule has 1 rings (SSSR count). The molecule has 0 aliphatic heterocycles. The van der Waals surface area contributed by atoms with E-state index in [4.69, 9.17) is 9.84 Å². The third kappa shape index (κ3) is 6.25. The Bertz CT molecular complexity index is 557. The number of amides is 2. The minimum absolute atomic E-state index is 0.0580. The molecule has 0 unspecified atom stereocenters. The number of nitrogens with one attached hydrogen (secondary N) is 2. The summed E-state index contributed by atoms with van der Waals surface area (Å²) in [6, 6.07) is 4.92. The number of carboxylic acids is 1. The molecule has 0 atom stereocenters. The lowest BCUT2D eigenvalue weighted by Gasteiger charge is -2.12. The summed E-state index contributed by atoms with van der Waals surface area (Å²) >= 11 is 0. The highest BCUT2D eigenvalue weighted by Gasteiger charge is 2.08. The molecule has 0 aliphatic carbocycles. The fraction of sp³-hybridized carbons (Fsp3) is 0.400. The van der Waals surface area contributed by atoms with Gasteiger partial charge in [-0.25, -0.2) is 0 Å². The van der Waals surface area contributed by atoms with Crippen LogP contribution in [0.2, 0.25) is 0 Å². The highest BCUT2D eigenvalue weighted by Crippen LogP contribution is 2.27. The van der Waals surface area contributed by atoms with Gasteiger partial charge in [0.05, 0.1) is 12.8 Å². The van der Waals surface area contributed by atoms with Crippen LogP contribution in [0.5, 0.6) is 5.75 Å². The van der Waals surface area contributed by atoms with Gasteiger partial charge in [0, 0.05) is 25.5 Å².